The minimum absolute atomic E-state index is 0.0900. The molecule has 1 atom stereocenters. The van der Waals surface area contributed by atoms with Gasteiger partial charge in [-0.3, -0.25) is 4.90 Å². The Balaban J connectivity index is 1.98. The van der Waals surface area contributed by atoms with Gasteiger partial charge in [-0.15, -0.1) is 0 Å². The number of aromatic nitrogens is 2. The minimum atomic E-state index is -4.85. The smallest absolute Gasteiger partial charge is 0.420 e. The number of hydrogen-bond donors (Lipinski definition) is 3. The lowest BCUT2D eigenvalue weighted by molar-refractivity contribution is -0.261. The largest absolute Gasteiger partial charge is 0.478 e. The van der Waals surface area contributed by atoms with Crippen LogP contribution in [0.4, 0.5) is 18.9 Å². The molecule has 0 spiro atoms. The van der Waals surface area contributed by atoms with E-state index in [-0.39, 0.29) is 17.6 Å². The van der Waals surface area contributed by atoms with Crippen LogP contribution in [0, 0.1) is 6.92 Å². The number of aromatic carboxylic acids is 1. The van der Waals surface area contributed by atoms with E-state index in [4.69, 9.17) is 0 Å². The highest BCUT2D eigenvalue weighted by Gasteiger charge is 2.54. The molecule has 1 heterocycles. The highest BCUT2D eigenvalue weighted by atomic mass is 19.4. The average Bonchev–Trinajstić information content (AvgIpc) is 3.18. The number of alkyl halides is 3. The zero-order chi connectivity index (χ0) is 26.1. The molecule has 0 aliphatic rings. The average molecular weight is 493 g/mol. The number of carboxylic acid groups (broad SMARTS) is 1. The van der Waals surface area contributed by atoms with Gasteiger partial charge < -0.3 is 15.5 Å². The van der Waals surface area contributed by atoms with Crippen LogP contribution < -0.4 is 5.32 Å². The number of nitrogens with one attached hydrogen (secondary N) is 1. The van der Waals surface area contributed by atoms with Crippen LogP contribution in [-0.4, -0.2) is 67.8 Å². The van der Waals surface area contributed by atoms with E-state index in [0.29, 0.717) is 22.3 Å². The monoisotopic (exact) mass is 492 g/mol. The molecule has 190 valence electrons. The normalized spacial score (nSPS) is 14.2. The molecule has 1 unspecified atom stereocenters. The van der Waals surface area contributed by atoms with Crippen LogP contribution in [0.1, 0.15) is 43.6 Å². The molecule has 0 aliphatic carbocycles. The Kier molecular flexibility index (Phi) is 7.47. The zero-order valence-corrected chi connectivity index (χ0v) is 20.4. The minimum Gasteiger partial charge on any atom is -0.478 e. The molecule has 0 saturated carbocycles. The summed E-state index contributed by atoms with van der Waals surface area (Å²) in [5.41, 5.74) is -0.637. The van der Waals surface area contributed by atoms with Gasteiger partial charge in [0.2, 0.25) is 0 Å². The van der Waals surface area contributed by atoms with Crippen molar-refractivity contribution in [3.8, 4) is 5.69 Å². The third kappa shape index (κ3) is 5.59. The van der Waals surface area contributed by atoms with E-state index in [2.05, 4.69) is 10.4 Å². The second-order valence-corrected chi connectivity index (χ2v) is 9.40. The van der Waals surface area contributed by atoms with E-state index in [1.165, 1.54) is 23.0 Å². The topological polar surface area (TPSA) is 90.6 Å². The van der Waals surface area contributed by atoms with Gasteiger partial charge in [0.05, 0.1) is 29.5 Å². The second-order valence-electron chi connectivity index (χ2n) is 9.40. The predicted octanol–water partition coefficient (Wildman–Crippen LogP) is 4.86. The van der Waals surface area contributed by atoms with Gasteiger partial charge in [0.15, 0.2) is 5.60 Å². The van der Waals surface area contributed by atoms with Crippen molar-refractivity contribution in [1.82, 2.24) is 14.7 Å². The molecule has 0 radical (unpaired) electrons. The lowest BCUT2D eigenvalue weighted by Crippen LogP contribution is -2.59. The Morgan fingerprint density at radius 1 is 1.14 bits per heavy atom. The van der Waals surface area contributed by atoms with Gasteiger partial charge in [0, 0.05) is 29.7 Å². The van der Waals surface area contributed by atoms with Crippen LogP contribution in [-0.2, 0) is 0 Å². The molecule has 0 aliphatic heterocycles. The van der Waals surface area contributed by atoms with Crippen LogP contribution in [0.3, 0.4) is 0 Å². The van der Waals surface area contributed by atoms with E-state index in [1.54, 1.807) is 57.7 Å². The fourth-order valence-electron chi connectivity index (χ4n) is 4.14. The Hall–Kier alpha value is -3.11. The van der Waals surface area contributed by atoms with Crippen molar-refractivity contribution in [3.63, 3.8) is 0 Å². The predicted molar refractivity (Wildman–Crippen MR) is 129 cm³/mol. The fraction of sp³-hybridized carbons (Fsp3) is 0.440. The van der Waals surface area contributed by atoms with Gasteiger partial charge in [-0.05, 0) is 70.5 Å². The third-order valence-corrected chi connectivity index (χ3v) is 6.04. The molecule has 0 fully saturated rings. The number of hydrogen-bond acceptors (Lipinski definition) is 5. The molecular formula is C25H31F3N4O3. The summed E-state index contributed by atoms with van der Waals surface area (Å²) < 4.78 is 43.6. The number of aliphatic hydroxyl groups is 1. The van der Waals surface area contributed by atoms with Gasteiger partial charge in [-0.25, -0.2) is 9.48 Å². The Labute approximate surface area is 202 Å². The number of rotatable bonds is 9. The lowest BCUT2D eigenvalue weighted by Gasteiger charge is -2.39. The summed E-state index contributed by atoms with van der Waals surface area (Å²) in [6.45, 7) is 7.65. The summed E-state index contributed by atoms with van der Waals surface area (Å²) in [5, 5.41) is 27.8. The second kappa shape index (κ2) is 9.87. The van der Waals surface area contributed by atoms with E-state index in [9.17, 15) is 28.2 Å². The van der Waals surface area contributed by atoms with Crippen LogP contribution in [0.25, 0.3) is 16.6 Å². The van der Waals surface area contributed by atoms with Gasteiger partial charge in [-0.2, -0.15) is 18.3 Å². The fourth-order valence-corrected chi connectivity index (χ4v) is 4.14. The number of benzene rings is 2. The Bertz CT molecular complexity index is 1200. The highest BCUT2D eigenvalue weighted by Crippen LogP contribution is 2.34. The van der Waals surface area contributed by atoms with Gasteiger partial charge in [0.1, 0.15) is 0 Å². The van der Waals surface area contributed by atoms with E-state index in [1.807, 2.05) is 6.07 Å². The van der Waals surface area contributed by atoms with Crippen LogP contribution in [0.5, 0.6) is 0 Å². The maximum absolute atomic E-state index is 14.0. The number of fused-ring (bicyclic) bond motifs is 1. The quantitative estimate of drug-likeness (QED) is 0.395. The van der Waals surface area contributed by atoms with Crippen LogP contribution in [0.15, 0.2) is 42.6 Å². The van der Waals surface area contributed by atoms with Crippen molar-refractivity contribution in [3.05, 3.63) is 53.7 Å². The molecule has 3 rings (SSSR count). The first-order valence-corrected chi connectivity index (χ1v) is 11.3. The molecule has 2 aromatic carbocycles. The number of anilines is 1. The summed E-state index contributed by atoms with van der Waals surface area (Å²) in [4.78, 5) is 13.0. The summed E-state index contributed by atoms with van der Waals surface area (Å²) >= 11 is 0. The molecule has 0 bridgehead atoms. The molecule has 7 nitrogen and oxygen atoms in total. The summed E-state index contributed by atoms with van der Waals surface area (Å²) in [5.74, 6) is -1.08. The van der Waals surface area contributed by atoms with Crippen molar-refractivity contribution < 1.29 is 28.2 Å². The number of carboxylic acids is 1. The Morgan fingerprint density at radius 2 is 1.80 bits per heavy atom. The first kappa shape index (κ1) is 26.5. The van der Waals surface area contributed by atoms with Gasteiger partial charge in [-0.1, -0.05) is 6.07 Å². The number of halogens is 3. The van der Waals surface area contributed by atoms with E-state index < -0.39 is 30.8 Å². The van der Waals surface area contributed by atoms with Crippen LogP contribution in [0.2, 0.25) is 0 Å². The molecular weight excluding hydrogens is 461 g/mol. The van der Waals surface area contributed by atoms with Gasteiger partial charge in [0.25, 0.3) is 0 Å². The van der Waals surface area contributed by atoms with Crippen molar-refractivity contribution >= 4 is 22.6 Å². The van der Waals surface area contributed by atoms with Crippen LogP contribution >= 0.6 is 0 Å². The maximum Gasteiger partial charge on any atom is 0.420 e. The number of aryl methyl sites for hydroxylation is 1. The maximum atomic E-state index is 14.0. The Morgan fingerprint density at radius 3 is 2.37 bits per heavy atom. The summed E-state index contributed by atoms with van der Waals surface area (Å²) in [6, 6.07) is 9.37. The summed E-state index contributed by atoms with van der Waals surface area (Å²) in [6.07, 6.45) is -3.35. The number of nitrogens with zero attached hydrogens (tertiary/aromatic N) is 3. The van der Waals surface area contributed by atoms with Crippen molar-refractivity contribution in [2.75, 3.05) is 18.4 Å². The number of carbonyl (C=O) groups is 1. The molecule has 35 heavy (non-hydrogen) atoms. The first-order valence-electron chi connectivity index (χ1n) is 11.3. The zero-order valence-electron chi connectivity index (χ0n) is 20.4. The molecule has 0 amide bonds. The van der Waals surface area contributed by atoms with Crippen molar-refractivity contribution in [1.29, 1.82) is 0 Å². The lowest BCUT2D eigenvalue weighted by atomic mass is 10.00. The first-order chi connectivity index (χ1) is 16.2. The standard InChI is InChI=1S/C25H31F3N4O3/c1-15(2)31(16(3)4)14-24(35,25(26,27)28)13-29-21-9-17(5)10-22-20(21)12-30-32(22)19-8-6-7-18(11-19)23(33)34/h6-12,15-16,29,35H,13-14H2,1-5H3,(H,33,34). The third-order valence-electron chi connectivity index (χ3n) is 6.04. The van der Waals surface area contributed by atoms with Gasteiger partial charge >= 0.3 is 12.1 Å². The molecule has 3 N–H and O–H groups in total. The van der Waals surface area contributed by atoms with E-state index >= 15 is 0 Å². The summed E-state index contributed by atoms with van der Waals surface area (Å²) in [7, 11) is 0. The molecule has 0 saturated heterocycles. The van der Waals surface area contributed by atoms with Crippen molar-refractivity contribution in [2.45, 2.75) is 58.5 Å². The molecule has 1 aromatic heterocycles. The molecule has 3 aromatic rings. The highest BCUT2D eigenvalue weighted by molar-refractivity contribution is 5.93. The molecule has 10 heteroatoms. The van der Waals surface area contributed by atoms with Crippen molar-refractivity contribution in [2.24, 2.45) is 0 Å². The SMILES string of the molecule is Cc1cc(NCC(O)(CN(C(C)C)C(C)C)C(F)(F)F)c2cnn(-c3cccc(C(=O)O)c3)c2c1. The van der Waals surface area contributed by atoms with E-state index in [0.717, 1.165) is 5.56 Å².